The number of thiophene rings is 1. The number of halogens is 1. The summed E-state index contributed by atoms with van der Waals surface area (Å²) in [4.78, 5) is 15.9. The van der Waals surface area contributed by atoms with E-state index in [1.54, 1.807) is 18.4 Å². The molecule has 0 saturated heterocycles. The Morgan fingerprint density at radius 3 is 2.45 bits per heavy atom. The van der Waals surface area contributed by atoms with E-state index in [0.717, 1.165) is 9.21 Å². The van der Waals surface area contributed by atoms with Gasteiger partial charge in [0.2, 0.25) is 17.8 Å². The molecule has 1 unspecified atom stereocenters. The first kappa shape index (κ1) is 14.8. The fourth-order valence-electron chi connectivity index (χ4n) is 1.57. The number of aromatic nitrogens is 3. The molecule has 2 aromatic heterocycles. The van der Waals surface area contributed by atoms with Crippen LogP contribution in [0, 0.1) is 0 Å². The minimum Gasteiger partial charge on any atom is -0.357 e. The summed E-state index contributed by atoms with van der Waals surface area (Å²) in [6, 6.07) is 3.96. The summed E-state index contributed by atoms with van der Waals surface area (Å²) in [6.07, 6.45) is 0. The van der Waals surface area contributed by atoms with Crippen LogP contribution in [0.5, 0.6) is 0 Å². The van der Waals surface area contributed by atoms with Crippen LogP contribution in [0.25, 0.3) is 0 Å². The molecule has 0 fully saturated rings. The maximum absolute atomic E-state index is 5.95. The van der Waals surface area contributed by atoms with Gasteiger partial charge < -0.3 is 15.5 Å². The monoisotopic (exact) mass is 312 g/mol. The predicted molar refractivity (Wildman–Crippen MR) is 85.1 cm³/mol. The summed E-state index contributed by atoms with van der Waals surface area (Å²) < 4.78 is 0.772. The van der Waals surface area contributed by atoms with Crippen molar-refractivity contribution in [3.05, 3.63) is 21.3 Å². The van der Waals surface area contributed by atoms with Crippen LogP contribution in [0.15, 0.2) is 12.1 Å². The molecule has 0 bridgehead atoms. The third-order valence-electron chi connectivity index (χ3n) is 2.61. The number of nitrogens with one attached hydrogen (secondary N) is 2. The summed E-state index contributed by atoms with van der Waals surface area (Å²) in [7, 11) is 5.56. The second-order valence-corrected chi connectivity index (χ2v) is 6.18. The Labute approximate surface area is 127 Å². The highest BCUT2D eigenvalue weighted by molar-refractivity contribution is 7.16. The molecule has 8 heteroatoms. The lowest BCUT2D eigenvalue weighted by Gasteiger charge is -2.16. The standard InChI is InChI=1S/C12H17ClN6S/c1-7(8-5-6-9(13)20-8)15-11-16-10(14-2)17-12(18-11)19(3)4/h5-7H,1-4H3,(H2,14,15,16,17,18). The lowest BCUT2D eigenvalue weighted by Crippen LogP contribution is -2.17. The zero-order valence-electron chi connectivity index (χ0n) is 11.8. The second kappa shape index (κ2) is 6.23. The topological polar surface area (TPSA) is 66.0 Å². The molecule has 0 radical (unpaired) electrons. The van der Waals surface area contributed by atoms with Gasteiger partial charge in [0.1, 0.15) is 0 Å². The van der Waals surface area contributed by atoms with Crippen molar-refractivity contribution < 1.29 is 0 Å². The van der Waals surface area contributed by atoms with Crippen molar-refractivity contribution in [1.29, 1.82) is 0 Å². The number of anilines is 3. The van der Waals surface area contributed by atoms with E-state index in [4.69, 9.17) is 11.6 Å². The molecule has 2 rings (SSSR count). The van der Waals surface area contributed by atoms with Crippen LogP contribution in [-0.2, 0) is 0 Å². The normalized spacial score (nSPS) is 12.1. The van der Waals surface area contributed by atoms with Crippen molar-refractivity contribution in [3.63, 3.8) is 0 Å². The molecule has 0 amide bonds. The SMILES string of the molecule is CNc1nc(NC(C)c2ccc(Cl)s2)nc(N(C)C)n1. The summed E-state index contributed by atoms with van der Waals surface area (Å²) in [5.41, 5.74) is 0. The maximum atomic E-state index is 5.95. The molecule has 0 aromatic carbocycles. The molecular formula is C12H17ClN6S. The molecule has 1 atom stereocenters. The summed E-state index contributed by atoms with van der Waals surface area (Å²) in [5, 5.41) is 6.20. The van der Waals surface area contributed by atoms with Crippen LogP contribution < -0.4 is 15.5 Å². The molecule has 0 aliphatic heterocycles. The molecule has 2 aromatic rings. The maximum Gasteiger partial charge on any atom is 0.231 e. The first-order chi connectivity index (χ1) is 9.49. The van der Waals surface area contributed by atoms with Gasteiger partial charge in [-0.2, -0.15) is 15.0 Å². The van der Waals surface area contributed by atoms with Gasteiger partial charge in [-0.25, -0.2) is 0 Å². The largest absolute Gasteiger partial charge is 0.357 e. The van der Waals surface area contributed by atoms with Gasteiger partial charge in [0.05, 0.1) is 10.4 Å². The van der Waals surface area contributed by atoms with Crippen molar-refractivity contribution in [1.82, 2.24) is 15.0 Å². The summed E-state index contributed by atoms with van der Waals surface area (Å²) >= 11 is 7.50. The lowest BCUT2D eigenvalue weighted by atomic mass is 10.3. The molecule has 0 aliphatic rings. The third-order valence-corrected chi connectivity index (χ3v) is 4.03. The highest BCUT2D eigenvalue weighted by Crippen LogP contribution is 2.28. The van der Waals surface area contributed by atoms with Crippen LogP contribution in [0.1, 0.15) is 17.8 Å². The first-order valence-electron chi connectivity index (χ1n) is 6.12. The molecule has 2 heterocycles. The number of hydrogen-bond donors (Lipinski definition) is 2. The van der Waals surface area contributed by atoms with Crippen LogP contribution in [0.3, 0.4) is 0 Å². The number of rotatable bonds is 5. The van der Waals surface area contributed by atoms with Gasteiger partial charge in [-0.1, -0.05) is 11.6 Å². The zero-order chi connectivity index (χ0) is 14.7. The van der Waals surface area contributed by atoms with E-state index in [2.05, 4.69) is 25.6 Å². The molecule has 0 spiro atoms. The zero-order valence-corrected chi connectivity index (χ0v) is 13.4. The number of hydrogen-bond acceptors (Lipinski definition) is 7. The highest BCUT2D eigenvalue weighted by Gasteiger charge is 2.12. The Bertz CT molecular complexity index is 585. The van der Waals surface area contributed by atoms with Gasteiger partial charge in [0.15, 0.2) is 0 Å². The quantitative estimate of drug-likeness (QED) is 0.885. The van der Waals surface area contributed by atoms with Crippen LogP contribution in [0.4, 0.5) is 17.8 Å². The highest BCUT2D eigenvalue weighted by atomic mass is 35.5. The minimum absolute atomic E-state index is 0.0784. The Balaban J connectivity index is 2.21. The second-order valence-electron chi connectivity index (χ2n) is 4.43. The van der Waals surface area contributed by atoms with Crippen molar-refractivity contribution in [2.75, 3.05) is 36.7 Å². The Hall–Kier alpha value is -1.60. The van der Waals surface area contributed by atoms with Gasteiger partial charge in [0.25, 0.3) is 0 Å². The van der Waals surface area contributed by atoms with E-state index < -0.39 is 0 Å². The van der Waals surface area contributed by atoms with E-state index >= 15 is 0 Å². The van der Waals surface area contributed by atoms with Crippen LogP contribution in [0.2, 0.25) is 4.34 Å². The predicted octanol–water partition coefficient (Wildman–Crippen LogP) is 2.87. The molecule has 20 heavy (non-hydrogen) atoms. The first-order valence-corrected chi connectivity index (χ1v) is 7.32. The van der Waals surface area contributed by atoms with E-state index in [9.17, 15) is 0 Å². The van der Waals surface area contributed by atoms with Crippen LogP contribution in [-0.4, -0.2) is 36.1 Å². The minimum atomic E-state index is 0.0784. The van der Waals surface area contributed by atoms with Gasteiger partial charge in [-0.15, -0.1) is 11.3 Å². The molecule has 0 saturated carbocycles. The number of nitrogens with zero attached hydrogens (tertiary/aromatic N) is 4. The van der Waals surface area contributed by atoms with Crippen molar-refractivity contribution in [2.24, 2.45) is 0 Å². The third kappa shape index (κ3) is 3.49. The van der Waals surface area contributed by atoms with Gasteiger partial charge in [-0.3, -0.25) is 0 Å². The molecule has 6 nitrogen and oxygen atoms in total. The molecule has 0 aliphatic carbocycles. The fraction of sp³-hybridized carbons (Fsp3) is 0.417. The van der Waals surface area contributed by atoms with E-state index in [1.165, 1.54) is 0 Å². The van der Waals surface area contributed by atoms with Crippen molar-refractivity contribution >= 4 is 40.8 Å². The summed E-state index contributed by atoms with van der Waals surface area (Å²) in [6.45, 7) is 2.04. The smallest absolute Gasteiger partial charge is 0.231 e. The van der Waals surface area contributed by atoms with Gasteiger partial charge >= 0.3 is 0 Å². The Kier molecular flexibility index (Phi) is 4.61. The van der Waals surface area contributed by atoms with Gasteiger partial charge in [-0.05, 0) is 19.1 Å². The molecule has 108 valence electrons. The van der Waals surface area contributed by atoms with E-state index in [-0.39, 0.29) is 6.04 Å². The van der Waals surface area contributed by atoms with E-state index in [0.29, 0.717) is 17.8 Å². The van der Waals surface area contributed by atoms with Crippen LogP contribution >= 0.6 is 22.9 Å². The Morgan fingerprint density at radius 2 is 1.90 bits per heavy atom. The molecule has 2 N–H and O–H groups in total. The van der Waals surface area contributed by atoms with Crippen molar-refractivity contribution in [2.45, 2.75) is 13.0 Å². The van der Waals surface area contributed by atoms with Crippen molar-refractivity contribution in [3.8, 4) is 0 Å². The Morgan fingerprint density at radius 1 is 1.20 bits per heavy atom. The van der Waals surface area contributed by atoms with Gasteiger partial charge in [0, 0.05) is 26.0 Å². The fourth-order valence-corrected chi connectivity index (χ4v) is 2.63. The van der Waals surface area contributed by atoms with E-state index in [1.807, 2.05) is 38.1 Å². The average Bonchev–Trinajstić information content (AvgIpc) is 2.85. The lowest BCUT2D eigenvalue weighted by molar-refractivity contribution is 0.864. The summed E-state index contributed by atoms with van der Waals surface area (Å²) in [5.74, 6) is 1.66. The molecular weight excluding hydrogens is 296 g/mol. The average molecular weight is 313 g/mol.